The van der Waals surface area contributed by atoms with Gasteiger partial charge in [0.2, 0.25) is 0 Å². The van der Waals surface area contributed by atoms with Crippen LogP contribution >= 0.6 is 0 Å². The Morgan fingerprint density at radius 2 is 1.82 bits per heavy atom. The lowest BCUT2D eigenvalue weighted by Crippen LogP contribution is -2.42. The van der Waals surface area contributed by atoms with Gasteiger partial charge in [-0.1, -0.05) is 37.8 Å². The summed E-state index contributed by atoms with van der Waals surface area (Å²) in [5.74, 6) is 0.535. The van der Waals surface area contributed by atoms with Crippen molar-refractivity contribution >= 4 is 0 Å². The molecule has 2 unspecified atom stereocenters. The molecule has 0 aliphatic heterocycles. The molecule has 0 amide bonds. The molecule has 2 aliphatic carbocycles. The van der Waals surface area contributed by atoms with E-state index in [0.717, 1.165) is 12.8 Å². The molecule has 0 spiro atoms. The van der Waals surface area contributed by atoms with Crippen molar-refractivity contribution in [3.05, 3.63) is 12.2 Å². The Labute approximate surface area is 105 Å². The van der Waals surface area contributed by atoms with Crippen LogP contribution in [0.2, 0.25) is 0 Å². The predicted octanol–water partition coefficient (Wildman–Crippen LogP) is 3.55. The van der Waals surface area contributed by atoms with Crippen LogP contribution in [-0.2, 0) is 0 Å². The molecular weight excluding hydrogens is 208 g/mol. The van der Waals surface area contributed by atoms with Crippen LogP contribution in [0.5, 0.6) is 0 Å². The maximum Gasteiger partial charge on any atom is 0.0986 e. The Hall–Kier alpha value is -0.810. The molecule has 0 saturated heterocycles. The minimum absolute atomic E-state index is 0.0723. The standard InChI is InChI=1S/C15H24N2/c16-12-15(13-8-4-3-5-9-13)17-14-10-6-1-2-7-11-14/h3-4,13-15,17H,1-2,5-11H2. The monoisotopic (exact) mass is 232 g/mol. The van der Waals surface area contributed by atoms with Gasteiger partial charge in [-0.05, 0) is 38.0 Å². The Morgan fingerprint density at radius 1 is 1.06 bits per heavy atom. The zero-order valence-electron chi connectivity index (χ0n) is 10.7. The highest BCUT2D eigenvalue weighted by atomic mass is 15.0. The van der Waals surface area contributed by atoms with Crippen molar-refractivity contribution in [2.75, 3.05) is 0 Å². The van der Waals surface area contributed by atoms with Crippen molar-refractivity contribution in [1.29, 1.82) is 5.26 Å². The number of hydrogen-bond acceptors (Lipinski definition) is 2. The van der Waals surface area contributed by atoms with Crippen molar-refractivity contribution in [3.63, 3.8) is 0 Å². The van der Waals surface area contributed by atoms with Crippen molar-refractivity contribution in [2.24, 2.45) is 5.92 Å². The molecule has 0 heterocycles. The van der Waals surface area contributed by atoms with E-state index < -0.39 is 0 Å². The first-order chi connectivity index (χ1) is 8.40. The molecule has 2 nitrogen and oxygen atoms in total. The Balaban J connectivity index is 1.85. The molecule has 1 saturated carbocycles. The number of nitrogens with one attached hydrogen (secondary N) is 1. The van der Waals surface area contributed by atoms with Crippen molar-refractivity contribution in [1.82, 2.24) is 5.32 Å². The van der Waals surface area contributed by atoms with Crippen LogP contribution in [0.25, 0.3) is 0 Å². The van der Waals surface area contributed by atoms with Crippen LogP contribution in [0, 0.1) is 17.2 Å². The van der Waals surface area contributed by atoms with Crippen molar-refractivity contribution in [2.45, 2.75) is 69.9 Å². The van der Waals surface area contributed by atoms with Gasteiger partial charge in [-0.15, -0.1) is 0 Å². The molecule has 0 aromatic rings. The topological polar surface area (TPSA) is 35.8 Å². The van der Waals surface area contributed by atoms with Crippen LogP contribution in [-0.4, -0.2) is 12.1 Å². The van der Waals surface area contributed by atoms with E-state index in [1.54, 1.807) is 0 Å². The van der Waals surface area contributed by atoms with Crippen LogP contribution < -0.4 is 5.32 Å². The highest BCUT2D eigenvalue weighted by molar-refractivity contribution is 5.02. The average molecular weight is 232 g/mol. The number of nitriles is 1. The first kappa shape index (κ1) is 12.6. The third-order valence-electron chi connectivity index (χ3n) is 4.19. The fourth-order valence-corrected chi connectivity index (χ4v) is 3.10. The molecule has 2 rings (SSSR count). The van der Waals surface area contributed by atoms with E-state index in [9.17, 15) is 5.26 Å². The molecule has 0 bridgehead atoms. The Morgan fingerprint density at radius 3 is 2.41 bits per heavy atom. The van der Waals surface area contributed by atoms with Crippen LogP contribution in [0.3, 0.4) is 0 Å². The number of hydrogen-bond donors (Lipinski definition) is 1. The summed E-state index contributed by atoms with van der Waals surface area (Å²) in [5, 5.41) is 13.0. The van der Waals surface area contributed by atoms with Gasteiger partial charge in [0.15, 0.2) is 0 Å². The zero-order chi connectivity index (χ0) is 11.9. The van der Waals surface area contributed by atoms with Gasteiger partial charge < -0.3 is 0 Å². The lowest BCUT2D eigenvalue weighted by atomic mass is 9.87. The third-order valence-corrected chi connectivity index (χ3v) is 4.19. The van der Waals surface area contributed by atoms with Crippen molar-refractivity contribution in [3.8, 4) is 6.07 Å². The van der Waals surface area contributed by atoms with E-state index in [2.05, 4.69) is 23.5 Å². The Kier molecular flexibility index (Phi) is 5.07. The summed E-state index contributed by atoms with van der Waals surface area (Å²) in [7, 11) is 0. The van der Waals surface area contributed by atoms with E-state index in [4.69, 9.17) is 0 Å². The summed E-state index contributed by atoms with van der Waals surface area (Å²) >= 11 is 0. The van der Waals surface area contributed by atoms with E-state index in [-0.39, 0.29) is 6.04 Å². The molecule has 17 heavy (non-hydrogen) atoms. The van der Waals surface area contributed by atoms with Gasteiger partial charge in [-0.3, -0.25) is 5.32 Å². The highest BCUT2D eigenvalue weighted by Crippen LogP contribution is 2.24. The molecule has 0 radical (unpaired) electrons. The highest BCUT2D eigenvalue weighted by Gasteiger charge is 2.24. The zero-order valence-corrected chi connectivity index (χ0v) is 10.7. The third kappa shape index (κ3) is 3.85. The fourth-order valence-electron chi connectivity index (χ4n) is 3.10. The van der Waals surface area contributed by atoms with Gasteiger partial charge in [0, 0.05) is 6.04 Å². The lowest BCUT2D eigenvalue weighted by molar-refractivity contribution is 0.332. The first-order valence-corrected chi connectivity index (χ1v) is 7.21. The normalized spacial score (nSPS) is 28.3. The lowest BCUT2D eigenvalue weighted by Gasteiger charge is -2.27. The summed E-state index contributed by atoms with van der Waals surface area (Å²) in [6.07, 6.45) is 15.8. The Bertz CT molecular complexity index is 282. The molecule has 94 valence electrons. The summed E-state index contributed by atoms with van der Waals surface area (Å²) in [6, 6.07) is 3.16. The van der Waals surface area contributed by atoms with Crippen molar-refractivity contribution < 1.29 is 0 Å². The minimum atomic E-state index is 0.0723. The molecule has 2 heteroatoms. The van der Waals surface area contributed by atoms with Gasteiger partial charge in [-0.25, -0.2) is 0 Å². The molecular formula is C15H24N2. The van der Waals surface area contributed by atoms with E-state index >= 15 is 0 Å². The summed E-state index contributed by atoms with van der Waals surface area (Å²) < 4.78 is 0. The summed E-state index contributed by atoms with van der Waals surface area (Å²) in [6.45, 7) is 0. The smallest absolute Gasteiger partial charge is 0.0986 e. The van der Waals surface area contributed by atoms with Crippen LogP contribution in [0.1, 0.15) is 57.8 Å². The molecule has 0 aromatic carbocycles. The maximum absolute atomic E-state index is 9.34. The van der Waals surface area contributed by atoms with Gasteiger partial charge in [0.25, 0.3) is 0 Å². The molecule has 2 aliphatic rings. The average Bonchev–Trinajstić information content (AvgIpc) is 2.65. The van der Waals surface area contributed by atoms with E-state index in [1.807, 2.05) is 0 Å². The maximum atomic E-state index is 9.34. The molecule has 0 aromatic heterocycles. The van der Waals surface area contributed by atoms with Gasteiger partial charge in [0.05, 0.1) is 12.1 Å². The van der Waals surface area contributed by atoms with Crippen LogP contribution in [0.4, 0.5) is 0 Å². The predicted molar refractivity (Wildman–Crippen MR) is 70.5 cm³/mol. The number of rotatable bonds is 3. The molecule has 1 fully saturated rings. The van der Waals surface area contributed by atoms with Gasteiger partial charge in [0.1, 0.15) is 0 Å². The molecule has 2 atom stereocenters. The van der Waals surface area contributed by atoms with Gasteiger partial charge in [-0.2, -0.15) is 5.26 Å². The summed E-state index contributed by atoms with van der Waals surface area (Å²) in [5.41, 5.74) is 0. The van der Waals surface area contributed by atoms with Crippen LogP contribution in [0.15, 0.2) is 12.2 Å². The fraction of sp³-hybridized carbons (Fsp3) is 0.800. The first-order valence-electron chi connectivity index (χ1n) is 7.21. The number of allylic oxidation sites excluding steroid dienone is 2. The van der Waals surface area contributed by atoms with Gasteiger partial charge >= 0.3 is 0 Å². The summed E-state index contributed by atoms with van der Waals surface area (Å²) in [4.78, 5) is 0. The second-order valence-corrected chi connectivity index (χ2v) is 5.51. The largest absolute Gasteiger partial charge is 0.299 e. The quantitative estimate of drug-likeness (QED) is 0.596. The minimum Gasteiger partial charge on any atom is -0.299 e. The van der Waals surface area contributed by atoms with E-state index in [1.165, 1.54) is 44.9 Å². The second-order valence-electron chi connectivity index (χ2n) is 5.51. The second kappa shape index (κ2) is 6.81. The molecule has 1 N–H and O–H groups in total. The SMILES string of the molecule is N#CC(NC1CCCCCC1)C1CC=CCC1. The number of nitrogens with zero attached hydrogens (tertiary/aromatic N) is 1. The van der Waals surface area contributed by atoms with E-state index in [0.29, 0.717) is 12.0 Å².